The molecule has 0 heterocycles. The SMILES string of the molecule is CC(C)C[C@H](NC(=O)[C@@H](N)Cc1ccc(O)cc1)C(=O)N[C@@H](CCC(=O)O)C(=O)N[C@@H](CCCN=C(N)N)C(=O)N[C@@H](Cc1ccccc1)C(=O)O. The standard InChI is InChI=1S/C35H50N8O9/c1-20(2)17-27(42-30(47)24(36)18-22-10-12-23(44)13-11-22)33(50)41-26(14-15-29(45)46)32(49)40-25(9-6-16-39-35(37)38)31(48)43-28(34(51)52)19-21-7-4-3-5-8-21/h3-5,7-8,10-13,20,24-28,44H,6,9,14-19,36H2,1-2H3,(H,40,49)(H,41,50)(H,42,47)(H,43,48)(H,45,46)(H,51,52)(H4,37,38,39)/t24-,25-,26-,27-,28-/m0/s1. The number of hydrogen-bond donors (Lipinski definition) is 10. The number of benzene rings is 2. The van der Waals surface area contributed by atoms with Crippen LogP contribution in [-0.4, -0.2) is 93.6 Å². The number of nitrogens with one attached hydrogen (secondary N) is 4. The van der Waals surface area contributed by atoms with Crippen LogP contribution in [0.5, 0.6) is 5.75 Å². The molecule has 0 aromatic heterocycles. The molecule has 2 aromatic rings. The van der Waals surface area contributed by atoms with Gasteiger partial charge >= 0.3 is 11.9 Å². The third kappa shape index (κ3) is 15.9. The smallest absolute Gasteiger partial charge is 0.326 e. The second-order valence-corrected chi connectivity index (χ2v) is 12.8. The second-order valence-electron chi connectivity index (χ2n) is 12.8. The van der Waals surface area contributed by atoms with Crippen LogP contribution in [0.25, 0.3) is 0 Å². The molecule has 284 valence electrons. The number of phenols is 1. The maximum absolute atomic E-state index is 13.7. The van der Waals surface area contributed by atoms with Gasteiger partial charge in [0.2, 0.25) is 23.6 Å². The predicted molar refractivity (Wildman–Crippen MR) is 192 cm³/mol. The van der Waals surface area contributed by atoms with E-state index in [-0.39, 0.29) is 62.7 Å². The van der Waals surface area contributed by atoms with E-state index in [0.29, 0.717) is 11.1 Å². The van der Waals surface area contributed by atoms with Crippen molar-refractivity contribution in [2.45, 2.75) is 89.0 Å². The Kier molecular flexibility index (Phi) is 17.5. The van der Waals surface area contributed by atoms with E-state index < -0.39 is 72.2 Å². The molecule has 0 aliphatic heterocycles. The zero-order valence-corrected chi connectivity index (χ0v) is 29.3. The second kappa shape index (κ2) is 21.5. The number of phenolic OH excluding ortho intramolecular Hbond substituents is 1. The molecule has 17 nitrogen and oxygen atoms in total. The van der Waals surface area contributed by atoms with Gasteiger partial charge in [-0.25, -0.2) is 4.79 Å². The number of nitrogens with zero attached hydrogens (tertiary/aromatic N) is 1. The summed E-state index contributed by atoms with van der Waals surface area (Å²) in [6.07, 6.45) is -0.560. The minimum absolute atomic E-state index is 0.0438. The highest BCUT2D eigenvalue weighted by Gasteiger charge is 2.32. The number of aliphatic imine (C=N–C) groups is 1. The highest BCUT2D eigenvalue weighted by atomic mass is 16.4. The fraction of sp³-hybridized carbons (Fsp3) is 0.457. The summed E-state index contributed by atoms with van der Waals surface area (Å²) in [5, 5.41) is 38.8. The molecular weight excluding hydrogens is 676 g/mol. The van der Waals surface area contributed by atoms with Crippen molar-refractivity contribution in [3.05, 3.63) is 65.7 Å². The van der Waals surface area contributed by atoms with Gasteiger partial charge in [0.25, 0.3) is 0 Å². The topological polar surface area (TPSA) is 302 Å². The first-order valence-corrected chi connectivity index (χ1v) is 16.8. The lowest BCUT2D eigenvalue weighted by Gasteiger charge is -2.27. The van der Waals surface area contributed by atoms with Gasteiger partial charge in [-0.1, -0.05) is 56.3 Å². The molecule has 0 saturated heterocycles. The first-order valence-electron chi connectivity index (χ1n) is 16.8. The van der Waals surface area contributed by atoms with Crippen LogP contribution in [0.15, 0.2) is 59.6 Å². The summed E-state index contributed by atoms with van der Waals surface area (Å²) in [5.41, 5.74) is 18.2. The maximum Gasteiger partial charge on any atom is 0.326 e. The molecule has 0 saturated carbocycles. The highest BCUT2D eigenvalue weighted by Crippen LogP contribution is 2.13. The number of nitrogens with two attached hydrogens (primary N) is 3. The average molecular weight is 727 g/mol. The molecule has 0 spiro atoms. The van der Waals surface area contributed by atoms with Gasteiger partial charge in [0.15, 0.2) is 5.96 Å². The van der Waals surface area contributed by atoms with E-state index >= 15 is 0 Å². The molecule has 13 N–H and O–H groups in total. The number of aromatic hydroxyl groups is 1. The van der Waals surface area contributed by atoms with Crippen molar-refractivity contribution in [3.63, 3.8) is 0 Å². The molecule has 5 atom stereocenters. The van der Waals surface area contributed by atoms with Crippen LogP contribution in [0.3, 0.4) is 0 Å². The van der Waals surface area contributed by atoms with Gasteiger partial charge in [-0.15, -0.1) is 0 Å². The summed E-state index contributed by atoms with van der Waals surface area (Å²) in [6.45, 7) is 3.70. The Morgan fingerprint density at radius 2 is 1.21 bits per heavy atom. The van der Waals surface area contributed by atoms with Crippen LogP contribution in [0, 0.1) is 5.92 Å². The summed E-state index contributed by atoms with van der Waals surface area (Å²) in [4.78, 5) is 81.2. The first-order chi connectivity index (χ1) is 24.5. The lowest BCUT2D eigenvalue weighted by atomic mass is 10.0. The minimum atomic E-state index is -1.46. The largest absolute Gasteiger partial charge is 0.508 e. The summed E-state index contributed by atoms with van der Waals surface area (Å²) >= 11 is 0. The van der Waals surface area contributed by atoms with Gasteiger partial charge in [-0.3, -0.25) is 29.0 Å². The zero-order valence-electron chi connectivity index (χ0n) is 29.3. The lowest BCUT2D eigenvalue weighted by molar-refractivity contribution is -0.142. The Hall–Kier alpha value is -5.71. The Morgan fingerprint density at radius 1 is 0.692 bits per heavy atom. The maximum atomic E-state index is 13.7. The van der Waals surface area contributed by atoms with E-state index in [4.69, 9.17) is 17.2 Å². The molecule has 2 aromatic carbocycles. The predicted octanol–water partition coefficient (Wildman–Crippen LogP) is -0.507. The number of hydrogen-bond acceptors (Lipinski definition) is 9. The number of carboxylic acids is 2. The number of carbonyl (C=O) groups excluding carboxylic acids is 4. The number of carbonyl (C=O) groups is 6. The zero-order chi connectivity index (χ0) is 38.8. The van der Waals surface area contributed by atoms with Crippen LogP contribution >= 0.6 is 0 Å². The van der Waals surface area contributed by atoms with Crippen molar-refractivity contribution < 1.29 is 44.1 Å². The molecular formula is C35H50N8O9. The Labute approximate surface area is 301 Å². The number of aliphatic carboxylic acids is 2. The molecule has 0 bridgehead atoms. The molecule has 17 heteroatoms. The Balaban J connectivity index is 2.26. The van der Waals surface area contributed by atoms with Crippen molar-refractivity contribution in [3.8, 4) is 5.75 Å². The van der Waals surface area contributed by atoms with E-state index in [1.807, 2.05) is 13.8 Å². The van der Waals surface area contributed by atoms with Crippen molar-refractivity contribution in [2.75, 3.05) is 6.54 Å². The fourth-order valence-corrected chi connectivity index (χ4v) is 5.14. The summed E-state index contributed by atoms with van der Waals surface area (Å²) in [6, 6.07) is 8.33. The van der Waals surface area contributed by atoms with Crippen LogP contribution in [0.1, 0.15) is 57.1 Å². The number of rotatable bonds is 22. The molecule has 0 aliphatic rings. The number of guanidine groups is 1. The van der Waals surface area contributed by atoms with Crippen LogP contribution in [0.2, 0.25) is 0 Å². The van der Waals surface area contributed by atoms with E-state index in [1.165, 1.54) is 12.1 Å². The van der Waals surface area contributed by atoms with Crippen molar-refractivity contribution in [2.24, 2.45) is 28.1 Å². The molecule has 0 aliphatic carbocycles. The van der Waals surface area contributed by atoms with E-state index in [2.05, 4.69) is 26.3 Å². The van der Waals surface area contributed by atoms with Crippen LogP contribution in [-0.2, 0) is 41.6 Å². The molecule has 2 rings (SSSR count). The molecule has 0 fully saturated rings. The fourth-order valence-electron chi connectivity index (χ4n) is 5.14. The highest BCUT2D eigenvalue weighted by molar-refractivity contribution is 5.95. The Morgan fingerprint density at radius 3 is 1.75 bits per heavy atom. The van der Waals surface area contributed by atoms with Gasteiger partial charge in [-0.2, -0.15) is 0 Å². The van der Waals surface area contributed by atoms with Crippen LogP contribution < -0.4 is 38.5 Å². The van der Waals surface area contributed by atoms with Crippen molar-refractivity contribution in [1.82, 2.24) is 21.3 Å². The number of carboxylic acid groups (broad SMARTS) is 2. The summed E-state index contributed by atoms with van der Waals surface area (Å²) in [7, 11) is 0. The average Bonchev–Trinajstić information content (AvgIpc) is 3.08. The van der Waals surface area contributed by atoms with Gasteiger partial charge in [-0.05, 0) is 61.3 Å². The molecule has 0 radical (unpaired) electrons. The third-order valence-corrected chi connectivity index (χ3v) is 7.82. The third-order valence-electron chi connectivity index (χ3n) is 7.82. The monoisotopic (exact) mass is 726 g/mol. The van der Waals surface area contributed by atoms with Crippen molar-refractivity contribution in [1.29, 1.82) is 0 Å². The molecule has 4 amide bonds. The summed E-state index contributed by atoms with van der Waals surface area (Å²) < 4.78 is 0. The van der Waals surface area contributed by atoms with E-state index in [0.717, 1.165) is 0 Å². The Bertz CT molecular complexity index is 1530. The van der Waals surface area contributed by atoms with Gasteiger partial charge in [0.1, 0.15) is 29.9 Å². The van der Waals surface area contributed by atoms with E-state index in [1.54, 1.807) is 42.5 Å². The normalized spacial score (nSPS) is 13.8. The van der Waals surface area contributed by atoms with Crippen LogP contribution in [0.4, 0.5) is 0 Å². The van der Waals surface area contributed by atoms with Crippen molar-refractivity contribution >= 4 is 41.5 Å². The van der Waals surface area contributed by atoms with Gasteiger partial charge in [0.05, 0.1) is 6.04 Å². The van der Waals surface area contributed by atoms with E-state index in [9.17, 15) is 44.1 Å². The lowest BCUT2D eigenvalue weighted by Crippen LogP contribution is -2.58. The number of amides is 4. The minimum Gasteiger partial charge on any atom is -0.508 e. The molecule has 52 heavy (non-hydrogen) atoms. The van der Waals surface area contributed by atoms with Gasteiger partial charge < -0.3 is 53.8 Å². The first kappa shape index (κ1) is 42.5. The molecule has 0 unspecified atom stereocenters. The van der Waals surface area contributed by atoms with Gasteiger partial charge in [0, 0.05) is 19.4 Å². The summed E-state index contributed by atoms with van der Waals surface area (Å²) in [5.74, 6) is -6.00. The quantitative estimate of drug-likeness (QED) is 0.0417.